The summed E-state index contributed by atoms with van der Waals surface area (Å²) in [7, 11) is 0. The van der Waals surface area contributed by atoms with Gasteiger partial charge in [-0.3, -0.25) is 4.90 Å². The summed E-state index contributed by atoms with van der Waals surface area (Å²) < 4.78 is 13.9. The van der Waals surface area contributed by atoms with Crippen LogP contribution in [0.5, 0.6) is 0 Å². The van der Waals surface area contributed by atoms with Crippen molar-refractivity contribution in [2.75, 3.05) is 6.54 Å². The Labute approximate surface area is 119 Å². The maximum absolute atomic E-state index is 13.9. The van der Waals surface area contributed by atoms with Crippen molar-refractivity contribution in [1.29, 1.82) is 0 Å². The van der Waals surface area contributed by atoms with E-state index in [-0.39, 0.29) is 5.82 Å². The predicted octanol–water partition coefficient (Wildman–Crippen LogP) is 3.08. The number of halogens is 1. The third-order valence-electron chi connectivity index (χ3n) is 3.95. The molecule has 0 spiro atoms. The molecule has 1 heterocycles. The first-order valence-electron chi connectivity index (χ1n) is 6.79. The van der Waals surface area contributed by atoms with Crippen LogP contribution in [0.3, 0.4) is 0 Å². The van der Waals surface area contributed by atoms with Crippen molar-refractivity contribution >= 4 is 17.2 Å². The van der Waals surface area contributed by atoms with Gasteiger partial charge in [0.15, 0.2) is 0 Å². The van der Waals surface area contributed by atoms with Crippen molar-refractivity contribution in [3.05, 3.63) is 35.1 Å². The second-order valence-electron chi connectivity index (χ2n) is 5.63. The fraction of sp³-hybridized carbons (Fsp3) is 0.533. The molecule has 19 heavy (non-hydrogen) atoms. The zero-order valence-corrected chi connectivity index (χ0v) is 12.3. The molecule has 1 aromatic rings. The van der Waals surface area contributed by atoms with E-state index in [1.807, 2.05) is 0 Å². The van der Waals surface area contributed by atoms with Gasteiger partial charge in [-0.05, 0) is 43.9 Å². The number of likely N-dealkylation sites (tertiary alicyclic amines) is 1. The topological polar surface area (TPSA) is 29.3 Å². The first-order valence-corrected chi connectivity index (χ1v) is 7.20. The molecule has 0 bridgehead atoms. The lowest BCUT2D eigenvalue weighted by Gasteiger charge is -2.36. The quantitative estimate of drug-likeness (QED) is 0.863. The van der Waals surface area contributed by atoms with Crippen LogP contribution >= 0.6 is 12.2 Å². The molecule has 2 atom stereocenters. The number of thiocarbonyl (C=S) groups is 1. The van der Waals surface area contributed by atoms with E-state index in [4.69, 9.17) is 18.0 Å². The first kappa shape index (κ1) is 14.4. The summed E-state index contributed by atoms with van der Waals surface area (Å²) in [5.41, 5.74) is 7.04. The molecule has 2 N–H and O–H groups in total. The van der Waals surface area contributed by atoms with Crippen molar-refractivity contribution in [2.24, 2.45) is 11.7 Å². The Hall–Kier alpha value is -1.00. The van der Waals surface area contributed by atoms with E-state index >= 15 is 0 Å². The number of hydrogen-bond acceptors (Lipinski definition) is 2. The lowest BCUT2D eigenvalue weighted by molar-refractivity contribution is 0.116. The van der Waals surface area contributed by atoms with Crippen LogP contribution in [0, 0.1) is 11.7 Å². The Morgan fingerprint density at radius 3 is 2.84 bits per heavy atom. The molecule has 2 rings (SSSR count). The fourth-order valence-electron chi connectivity index (χ4n) is 2.67. The van der Waals surface area contributed by atoms with Crippen molar-refractivity contribution < 1.29 is 4.39 Å². The van der Waals surface area contributed by atoms with Gasteiger partial charge >= 0.3 is 0 Å². The Morgan fingerprint density at radius 2 is 2.16 bits per heavy atom. The molecule has 0 aliphatic carbocycles. The monoisotopic (exact) mass is 280 g/mol. The highest BCUT2D eigenvalue weighted by Crippen LogP contribution is 2.24. The summed E-state index contributed by atoms with van der Waals surface area (Å²) >= 11 is 4.95. The van der Waals surface area contributed by atoms with Crippen LogP contribution < -0.4 is 5.73 Å². The zero-order chi connectivity index (χ0) is 14.0. The Balaban J connectivity index is 2.17. The molecule has 2 nitrogen and oxygen atoms in total. The lowest BCUT2D eigenvalue weighted by atomic mass is 9.94. The van der Waals surface area contributed by atoms with Crippen molar-refractivity contribution in [3.63, 3.8) is 0 Å². The maximum Gasteiger partial charge on any atom is 0.127 e. The molecule has 1 fully saturated rings. The minimum absolute atomic E-state index is 0.176. The minimum Gasteiger partial charge on any atom is -0.389 e. The van der Waals surface area contributed by atoms with Gasteiger partial charge in [-0.25, -0.2) is 4.39 Å². The summed E-state index contributed by atoms with van der Waals surface area (Å²) in [5.74, 6) is 0.503. The molecule has 0 radical (unpaired) electrons. The van der Waals surface area contributed by atoms with Gasteiger partial charge in [0.2, 0.25) is 0 Å². The van der Waals surface area contributed by atoms with Crippen molar-refractivity contribution in [2.45, 2.75) is 39.3 Å². The zero-order valence-electron chi connectivity index (χ0n) is 11.5. The van der Waals surface area contributed by atoms with Gasteiger partial charge in [-0.1, -0.05) is 19.1 Å². The normalized spacial score (nSPS) is 24.4. The van der Waals surface area contributed by atoms with Crippen LogP contribution in [0.2, 0.25) is 0 Å². The summed E-state index contributed by atoms with van der Waals surface area (Å²) in [6, 6.07) is 5.39. The van der Waals surface area contributed by atoms with Crippen LogP contribution in [0.4, 0.5) is 4.39 Å². The lowest BCUT2D eigenvalue weighted by Crippen LogP contribution is -2.40. The molecule has 1 saturated heterocycles. The van der Waals surface area contributed by atoms with Crippen molar-refractivity contribution in [3.8, 4) is 0 Å². The number of nitrogens with two attached hydrogens (primary N) is 1. The Bertz CT molecular complexity index is 475. The van der Waals surface area contributed by atoms with Crippen molar-refractivity contribution in [1.82, 2.24) is 4.90 Å². The Kier molecular flexibility index (Phi) is 4.53. The van der Waals surface area contributed by atoms with Gasteiger partial charge < -0.3 is 5.73 Å². The number of hydrogen-bond donors (Lipinski definition) is 1. The van der Waals surface area contributed by atoms with E-state index in [1.54, 1.807) is 12.1 Å². The molecular weight excluding hydrogens is 259 g/mol. The molecule has 1 aromatic carbocycles. The minimum atomic E-state index is -0.176. The molecule has 0 saturated carbocycles. The third-order valence-corrected chi connectivity index (χ3v) is 4.19. The van der Waals surface area contributed by atoms with E-state index in [0.29, 0.717) is 29.1 Å². The van der Waals surface area contributed by atoms with Crippen LogP contribution in [-0.4, -0.2) is 22.5 Å². The number of rotatable bonds is 3. The highest BCUT2D eigenvalue weighted by atomic mass is 32.1. The standard InChI is InChI=1S/C15H21FN2S/c1-10-3-4-11(2)18(8-10)9-13-7-12(15(17)19)5-6-14(13)16/h5-7,10-11H,3-4,8-9H2,1-2H3,(H2,17,19). The van der Waals surface area contributed by atoms with Gasteiger partial charge in [0.1, 0.15) is 10.8 Å². The molecule has 2 unspecified atom stereocenters. The Morgan fingerprint density at radius 1 is 1.42 bits per heavy atom. The number of nitrogens with zero attached hydrogens (tertiary/aromatic N) is 1. The predicted molar refractivity (Wildman–Crippen MR) is 80.6 cm³/mol. The SMILES string of the molecule is CC1CCC(C)N(Cc2cc(C(N)=S)ccc2F)C1. The first-order chi connectivity index (χ1) is 8.97. The van der Waals surface area contributed by atoms with Crippen LogP contribution in [0.1, 0.15) is 37.8 Å². The van der Waals surface area contributed by atoms with Crippen LogP contribution in [-0.2, 0) is 6.54 Å². The van der Waals surface area contributed by atoms with E-state index in [1.165, 1.54) is 18.9 Å². The summed E-state index contributed by atoms with van der Waals surface area (Å²) in [6.45, 7) is 6.12. The van der Waals surface area contributed by atoms with E-state index < -0.39 is 0 Å². The van der Waals surface area contributed by atoms with E-state index in [2.05, 4.69) is 18.7 Å². The van der Waals surface area contributed by atoms with E-state index in [9.17, 15) is 4.39 Å². The average molecular weight is 280 g/mol. The van der Waals surface area contributed by atoms with Gasteiger partial charge in [0, 0.05) is 30.3 Å². The highest BCUT2D eigenvalue weighted by Gasteiger charge is 2.23. The van der Waals surface area contributed by atoms with Gasteiger partial charge in [0.25, 0.3) is 0 Å². The third kappa shape index (κ3) is 3.51. The number of piperidine rings is 1. The summed E-state index contributed by atoms with van der Waals surface area (Å²) in [5, 5.41) is 0. The molecule has 1 aliphatic rings. The summed E-state index contributed by atoms with van der Waals surface area (Å²) in [4.78, 5) is 2.66. The second kappa shape index (κ2) is 5.97. The van der Waals surface area contributed by atoms with E-state index in [0.717, 1.165) is 12.1 Å². The molecule has 1 aliphatic heterocycles. The molecular formula is C15H21FN2S. The molecule has 4 heteroatoms. The largest absolute Gasteiger partial charge is 0.389 e. The molecule has 0 amide bonds. The molecule has 104 valence electrons. The second-order valence-corrected chi connectivity index (χ2v) is 6.07. The van der Waals surface area contributed by atoms with Gasteiger partial charge in [-0.15, -0.1) is 0 Å². The van der Waals surface area contributed by atoms with Gasteiger partial charge in [0.05, 0.1) is 0 Å². The summed E-state index contributed by atoms with van der Waals surface area (Å²) in [6.07, 6.45) is 2.44. The van der Waals surface area contributed by atoms with Gasteiger partial charge in [-0.2, -0.15) is 0 Å². The number of benzene rings is 1. The highest BCUT2D eigenvalue weighted by molar-refractivity contribution is 7.80. The van der Waals surface area contributed by atoms with Crippen LogP contribution in [0.25, 0.3) is 0 Å². The smallest absolute Gasteiger partial charge is 0.127 e. The van der Waals surface area contributed by atoms with Crippen LogP contribution in [0.15, 0.2) is 18.2 Å². The average Bonchev–Trinajstić information content (AvgIpc) is 2.36. The molecule has 0 aromatic heterocycles. The maximum atomic E-state index is 13.9. The fourth-order valence-corrected chi connectivity index (χ4v) is 2.80.